The van der Waals surface area contributed by atoms with Crippen molar-refractivity contribution in [1.29, 1.82) is 0 Å². The van der Waals surface area contributed by atoms with Crippen molar-refractivity contribution in [3.05, 3.63) is 83.9 Å². The van der Waals surface area contributed by atoms with Crippen molar-refractivity contribution in [3.8, 4) is 16.9 Å². The van der Waals surface area contributed by atoms with Gasteiger partial charge in [0.25, 0.3) is 0 Å². The Balaban J connectivity index is 1.53. The average molecular weight is 573 g/mol. The van der Waals surface area contributed by atoms with Crippen molar-refractivity contribution in [2.75, 3.05) is 32.1 Å². The fraction of sp³-hybridized carbons (Fsp3) is 0.412. The number of nitrogens with zero attached hydrogens (tertiary/aromatic N) is 2. The van der Waals surface area contributed by atoms with E-state index < -0.39 is 0 Å². The first-order chi connectivity index (χ1) is 20.1. The molecule has 0 bridgehead atoms. The van der Waals surface area contributed by atoms with E-state index >= 15 is 0 Å². The lowest BCUT2D eigenvalue weighted by molar-refractivity contribution is -0.134. The zero-order valence-corrected chi connectivity index (χ0v) is 25.3. The number of aliphatic hydroxyl groups excluding tert-OH is 1. The first kappa shape index (κ1) is 31.1. The van der Waals surface area contributed by atoms with Crippen LogP contribution >= 0.6 is 0 Å². The molecule has 0 fully saturated rings. The molecule has 0 saturated carbocycles. The second-order valence-corrected chi connectivity index (χ2v) is 11.7. The minimum absolute atomic E-state index is 0.00248. The minimum Gasteiger partial charge on any atom is -0.488 e. The number of carbonyl (C=O) groups excluding carboxylic acids is 2. The highest BCUT2D eigenvalue weighted by atomic mass is 16.5. The van der Waals surface area contributed by atoms with Gasteiger partial charge in [-0.1, -0.05) is 61.5 Å². The predicted molar refractivity (Wildman–Crippen MR) is 167 cm³/mol. The summed E-state index contributed by atoms with van der Waals surface area (Å²) in [5.41, 5.74) is 4.87. The van der Waals surface area contributed by atoms with Crippen LogP contribution in [0.5, 0.6) is 5.75 Å². The Morgan fingerprint density at radius 2 is 1.74 bits per heavy atom. The molecule has 224 valence electrons. The summed E-state index contributed by atoms with van der Waals surface area (Å²) in [6.07, 6.45) is -0.0935. The van der Waals surface area contributed by atoms with Crippen LogP contribution in [0.25, 0.3) is 11.1 Å². The number of anilines is 1. The van der Waals surface area contributed by atoms with E-state index in [0.717, 1.165) is 6.54 Å². The van der Waals surface area contributed by atoms with E-state index in [0.29, 0.717) is 30.1 Å². The van der Waals surface area contributed by atoms with E-state index in [9.17, 15) is 14.7 Å². The third-order valence-electron chi connectivity index (χ3n) is 7.60. The summed E-state index contributed by atoms with van der Waals surface area (Å²) in [7, 11) is 2.08. The number of urea groups is 1. The molecule has 3 amide bonds. The monoisotopic (exact) mass is 572 g/mol. The maximum absolute atomic E-state index is 13.5. The highest BCUT2D eigenvalue weighted by molar-refractivity contribution is 5.90. The van der Waals surface area contributed by atoms with Gasteiger partial charge >= 0.3 is 6.03 Å². The quantitative estimate of drug-likeness (QED) is 0.329. The molecule has 0 aromatic heterocycles. The van der Waals surface area contributed by atoms with Crippen LogP contribution in [-0.2, 0) is 17.8 Å². The van der Waals surface area contributed by atoms with Crippen molar-refractivity contribution in [2.45, 2.75) is 58.8 Å². The molecule has 1 aliphatic rings. The Morgan fingerprint density at radius 1 is 1.05 bits per heavy atom. The Morgan fingerprint density at radius 3 is 2.40 bits per heavy atom. The van der Waals surface area contributed by atoms with Crippen molar-refractivity contribution in [3.63, 3.8) is 0 Å². The predicted octanol–water partition coefficient (Wildman–Crippen LogP) is 5.16. The van der Waals surface area contributed by atoms with Gasteiger partial charge in [0.05, 0.1) is 19.1 Å². The molecule has 1 heterocycles. The van der Waals surface area contributed by atoms with Gasteiger partial charge in [0.2, 0.25) is 5.91 Å². The minimum atomic E-state index is -0.318. The van der Waals surface area contributed by atoms with E-state index in [-0.39, 0.29) is 49.1 Å². The number of hydrogen-bond donors (Lipinski definition) is 3. The lowest BCUT2D eigenvalue weighted by Crippen LogP contribution is -2.47. The van der Waals surface area contributed by atoms with Crippen LogP contribution in [0.2, 0.25) is 0 Å². The summed E-state index contributed by atoms with van der Waals surface area (Å²) in [5.74, 6) is 0.560. The molecule has 42 heavy (non-hydrogen) atoms. The van der Waals surface area contributed by atoms with Crippen LogP contribution in [0.3, 0.4) is 0 Å². The standard InChI is InChI=1S/C34H44N4O4/c1-23(2)35-34(41)36-30-15-16-31-29(17-30)18-33(40)38(25(4)22-39)19-24(3)32(42-31)21-37(5)20-26-11-13-28(14-12-26)27-9-7-6-8-10-27/h6-17,23-25,32,39H,18-22H2,1-5H3,(H2,35,36,41)/t24-,25-,32-/m1/s1. The summed E-state index contributed by atoms with van der Waals surface area (Å²) < 4.78 is 6.64. The fourth-order valence-corrected chi connectivity index (χ4v) is 5.27. The Labute approximate surface area is 249 Å². The highest BCUT2D eigenvalue weighted by Crippen LogP contribution is 2.29. The third-order valence-corrected chi connectivity index (χ3v) is 7.60. The zero-order chi connectivity index (χ0) is 30.2. The van der Waals surface area contributed by atoms with Gasteiger partial charge in [0, 0.05) is 42.8 Å². The number of hydrogen-bond acceptors (Lipinski definition) is 5. The molecule has 8 heteroatoms. The van der Waals surface area contributed by atoms with Gasteiger partial charge in [-0.05, 0) is 62.7 Å². The normalized spacial score (nSPS) is 18.0. The van der Waals surface area contributed by atoms with Gasteiger partial charge < -0.3 is 25.4 Å². The molecule has 3 aromatic rings. The summed E-state index contributed by atoms with van der Waals surface area (Å²) in [4.78, 5) is 29.8. The first-order valence-corrected chi connectivity index (χ1v) is 14.7. The van der Waals surface area contributed by atoms with E-state index in [1.54, 1.807) is 17.0 Å². The lowest BCUT2D eigenvalue weighted by Gasteiger charge is -2.34. The Bertz CT molecular complexity index is 1330. The van der Waals surface area contributed by atoms with Gasteiger partial charge in [-0.3, -0.25) is 9.69 Å². The van der Waals surface area contributed by atoms with Crippen LogP contribution < -0.4 is 15.4 Å². The number of likely N-dealkylation sites (N-methyl/N-ethyl adjacent to an activating group) is 1. The molecule has 3 aromatic carbocycles. The molecule has 0 saturated heterocycles. The fourth-order valence-electron chi connectivity index (χ4n) is 5.27. The van der Waals surface area contributed by atoms with Gasteiger partial charge in [-0.15, -0.1) is 0 Å². The maximum Gasteiger partial charge on any atom is 0.319 e. The lowest BCUT2D eigenvalue weighted by atomic mass is 10.0. The van der Waals surface area contributed by atoms with Crippen molar-refractivity contribution >= 4 is 17.6 Å². The van der Waals surface area contributed by atoms with Crippen LogP contribution in [-0.4, -0.2) is 71.8 Å². The number of carbonyl (C=O) groups is 2. The van der Waals surface area contributed by atoms with Gasteiger partial charge in [0.15, 0.2) is 0 Å². The van der Waals surface area contributed by atoms with Crippen LogP contribution in [0, 0.1) is 5.92 Å². The number of ether oxygens (including phenoxy) is 1. The second kappa shape index (κ2) is 14.3. The molecule has 3 N–H and O–H groups in total. The van der Waals surface area contributed by atoms with E-state index in [1.165, 1.54) is 16.7 Å². The number of aliphatic hydroxyl groups is 1. The molecular formula is C34H44N4O4. The highest BCUT2D eigenvalue weighted by Gasteiger charge is 2.31. The Kier molecular flexibility index (Phi) is 10.6. The van der Waals surface area contributed by atoms with Crippen molar-refractivity contribution in [2.24, 2.45) is 5.92 Å². The van der Waals surface area contributed by atoms with Crippen LogP contribution in [0.1, 0.15) is 38.8 Å². The molecule has 0 radical (unpaired) electrons. The average Bonchev–Trinajstić information content (AvgIpc) is 3.00. The van der Waals surface area contributed by atoms with Gasteiger partial charge in [-0.2, -0.15) is 0 Å². The molecule has 3 atom stereocenters. The molecule has 0 spiro atoms. The summed E-state index contributed by atoms with van der Waals surface area (Å²) >= 11 is 0. The third kappa shape index (κ3) is 8.33. The number of rotatable bonds is 9. The van der Waals surface area contributed by atoms with Crippen molar-refractivity contribution < 1.29 is 19.4 Å². The largest absolute Gasteiger partial charge is 0.488 e. The molecule has 0 unspecified atom stereocenters. The number of amides is 3. The van der Waals surface area contributed by atoms with E-state index in [2.05, 4.69) is 65.9 Å². The Hall–Kier alpha value is -3.88. The van der Waals surface area contributed by atoms with E-state index in [4.69, 9.17) is 4.74 Å². The maximum atomic E-state index is 13.5. The molecule has 4 rings (SSSR count). The topological polar surface area (TPSA) is 94.1 Å². The summed E-state index contributed by atoms with van der Waals surface area (Å²) in [5, 5.41) is 15.6. The number of benzene rings is 3. The summed E-state index contributed by atoms with van der Waals surface area (Å²) in [6.45, 7) is 9.49. The number of nitrogens with one attached hydrogen (secondary N) is 2. The molecule has 8 nitrogen and oxygen atoms in total. The number of fused-ring (bicyclic) bond motifs is 1. The van der Waals surface area contributed by atoms with Crippen LogP contribution in [0.4, 0.5) is 10.5 Å². The van der Waals surface area contributed by atoms with Crippen molar-refractivity contribution in [1.82, 2.24) is 15.1 Å². The second-order valence-electron chi connectivity index (χ2n) is 11.7. The smallest absolute Gasteiger partial charge is 0.319 e. The van der Waals surface area contributed by atoms with Gasteiger partial charge in [-0.25, -0.2) is 4.79 Å². The molecule has 1 aliphatic heterocycles. The van der Waals surface area contributed by atoms with E-state index in [1.807, 2.05) is 45.0 Å². The SMILES string of the molecule is CC(C)NC(=O)Nc1ccc2c(c1)CC(=O)N([C@H](C)CO)C[C@@H](C)[C@@H](CN(C)Cc1ccc(-c3ccccc3)cc1)O2. The van der Waals surface area contributed by atoms with Gasteiger partial charge in [0.1, 0.15) is 11.9 Å². The summed E-state index contributed by atoms with van der Waals surface area (Å²) in [6, 6.07) is 23.8. The molecule has 0 aliphatic carbocycles. The molecular weight excluding hydrogens is 528 g/mol. The zero-order valence-electron chi connectivity index (χ0n) is 25.3. The first-order valence-electron chi connectivity index (χ1n) is 14.7. The van der Waals surface area contributed by atoms with Crippen LogP contribution in [0.15, 0.2) is 72.8 Å².